The summed E-state index contributed by atoms with van der Waals surface area (Å²) in [4.78, 5) is 23.3. The smallest absolute Gasteiger partial charge is 0.344 e. The van der Waals surface area contributed by atoms with E-state index in [9.17, 15) is 14.9 Å². The van der Waals surface area contributed by atoms with Crippen molar-refractivity contribution in [3.05, 3.63) is 87.3 Å². The fourth-order valence-corrected chi connectivity index (χ4v) is 3.88. The van der Waals surface area contributed by atoms with E-state index in [0.29, 0.717) is 78.8 Å². The van der Waals surface area contributed by atoms with Crippen molar-refractivity contribution < 1.29 is 28.3 Å². The largest absolute Gasteiger partial charge is 0.490 e. The summed E-state index contributed by atoms with van der Waals surface area (Å²) in [5.74, 6) is 2.17. The third kappa shape index (κ3) is 4.95. The van der Waals surface area contributed by atoms with Crippen molar-refractivity contribution in [3.8, 4) is 34.1 Å². The molecule has 1 aromatic heterocycles. The van der Waals surface area contributed by atoms with E-state index in [4.69, 9.17) is 23.4 Å². The minimum Gasteiger partial charge on any atom is -0.490 e. The molecular weight excluding hydrogens is 466 g/mol. The van der Waals surface area contributed by atoms with Crippen molar-refractivity contribution >= 4 is 16.7 Å². The molecule has 5 rings (SSSR count). The van der Waals surface area contributed by atoms with Gasteiger partial charge in [0.1, 0.15) is 0 Å². The van der Waals surface area contributed by atoms with Gasteiger partial charge in [0, 0.05) is 30.4 Å². The number of benzene rings is 3. The molecule has 9 heteroatoms. The van der Waals surface area contributed by atoms with E-state index in [1.165, 1.54) is 24.3 Å². The number of ether oxygens (including phenoxy) is 4. The van der Waals surface area contributed by atoms with Gasteiger partial charge in [-0.1, -0.05) is 12.1 Å². The Morgan fingerprint density at radius 2 is 1.33 bits per heavy atom. The average molecular weight is 489 g/mol. The Hall–Kier alpha value is -4.53. The van der Waals surface area contributed by atoms with Crippen LogP contribution in [0.15, 0.2) is 75.9 Å². The molecule has 0 unspecified atom stereocenters. The van der Waals surface area contributed by atoms with Crippen LogP contribution >= 0.6 is 0 Å². The molecule has 3 aromatic carbocycles. The van der Waals surface area contributed by atoms with Gasteiger partial charge in [-0.15, -0.1) is 0 Å². The Labute approximate surface area is 205 Å². The Kier molecular flexibility index (Phi) is 6.70. The van der Waals surface area contributed by atoms with Crippen LogP contribution in [0.25, 0.3) is 22.1 Å². The minimum absolute atomic E-state index is 0.0565. The summed E-state index contributed by atoms with van der Waals surface area (Å²) in [6.07, 6.45) is 1.20. The summed E-state index contributed by atoms with van der Waals surface area (Å²) >= 11 is 0. The van der Waals surface area contributed by atoms with Crippen molar-refractivity contribution in [1.82, 2.24) is 0 Å². The van der Waals surface area contributed by atoms with Crippen LogP contribution in [0.4, 0.5) is 5.69 Å². The van der Waals surface area contributed by atoms with Crippen LogP contribution < -0.4 is 24.6 Å². The first-order chi connectivity index (χ1) is 17.6. The first-order valence-electron chi connectivity index (χ1n) is 11.6. The third-order valence-corrected chi connectivity index (χ3v) is 5.66. The molecule has 4 aromatic rings. The number of para-hydroxylation sites is 2. The van der Waals surface area contributed by atoms with E-state index in [0.717, 1.165) is 0 Å². The molecule has 0 radical (unpaired) electrons. The number of nitro groups is 1. The quantitative estimate of drug-likeness (QED) is 0.210. The molecule has 0 atom stereocenters. The second kappa shape index (κ2) is 10.4. The lowest BCUT2D eigenvalue weighted by Gasteiger charge is -2.17. The van der Waals surface area contributed by atoms with Crippen molar-refractivity contribution in [1.29, 1.82) is 0 Å². The van der Waals surface area contributed by atoms with Gasteiger partial charge in [-0.2, -0.15) is 0 Å². The summed E-state index contributed by atoms with van der Waals surface area (Å²) in [5, 5.41) is 11.6. The Morgan fingerprint density at radius 3 is 1.97 bits per heavy atom. The molecule has 1 aliphatic rings. The zero-order valence-electron chi connectivity index (χ0n) is 19.3. The van der Waals surface area contributed by atoms with Gasteiger partial charge in [0.25, 0.3) is 5.69 Å². The maximum absolute atomic E-state index is 12.9. The summed E-state index contributed by atoms with van der Waals surface area (Å²) in [7, 11) is 0. The molecule has 0 bridgehead atoms. The molecule has 0 saturated carbocycles. The maximum Gasteiger partial charge on any atom is 0.344 e. The number of hydrogen-bond acceptors (Lipinski definition) is 8. The standard InChI is InChI=1S/C27H23NO8/c29-27-21(18-7-10-20(11-8-18)28(30)31)17-19-9-12-24-26(25(19)36-27)35-16-4-14-33-23-6-2-1-5-22(23)32-13-3-15-34-24/h1-2,5-12,17H,3-4,13-16H2. The zero-order valence-corrected chi connectivity index (χ0v) is 19.3. The topological polar surface area (TPSA) is 110 Å². The summed E-state index contributed by atoms with van der Waals surface area (Å²) in [6.45, 7) is 1.54. The van der Waals surface area contributed by atoms with E-state index < -0.39 is 10.5 Å². The number of hydrogen-bond donors (Lipinski definition) is 0. The Bertz CT molecular complexity index is 1440. The fraction of sp³-hybridized carbons (Fsp3) is 0.222. The van der Waals surface area contributed by atoms with Crippen LogP contribution in [-0.2, 0) is 0 Å². The molecule has 9 nitrogen and oxygen atoms in total. The van der Waals surface area contributed by atoms with Crippen LogP contribution in [-0.4, -0.2) is 31.4 Å². The number of nitro benzene ring substituents is 1. The van der Waals surface area contributed by atoms with Crippen molar-refractivity contribution in [2.24, 2.45) is 0 Å². The van der Waals surface area contributed by atoms with Gasteiger partial charge in [-0.05, 0) is 48.0 Å². The third-order valence-electron chi connectivity index (χ3n) is 5.66. The van der Waals surface area contributed by atoms with Gasteiger partial charge < -0.3 is 23.4 Å². The SMILES string of the molecule is O=c1oc2c3c(ccc2cc1-c1ccc([N+](=O)[O-])cc1)OCCCOc1ccccc1OCCCO3. The van der Waals surface area contributed by atoms with Gasteiger partial charge in [0.05, 0.1) is 36.9 Å². The zero-order chi connectivity index (χ0) is 24.9. The number of fused-ring (bicyclic) bond motifs is 4. The van der Waals surface area contributed by atoms with Crippen LogP contribution in [0.2, 0.25) is 0 Å². The lowest BCUT2D eigenvalue weighted by atomic mass is 10.1. The van der Waals surface area contributed by atoms with Crippen LogP contribution in [0.5, 0.6) is 23.0 Å². The predicted octanol–water partition coefficient (Wildman–Crippen LogP) is 5.38. The molecule has 0 saturated heterocycles. The molecule has 0 amide bonds. The second-order valence-electron chi connectivity index (χ2n) is 8.11. The van der Waals surface area contributed by atoms with Gasteiger partial charge in [-0.3, -0.25) is 10.1 Å². The highest BCUT2D eigenvalue weighted by Gasteiger charge is 2.18. The highest BCUT2D eigenvalue weighted by atomic mass is 16.6. The van der Waals surface area contributed by atoms with E-state index >= 15 is 0 Å². The van der Waals surface area contributed by atoms with Crippen molar-refractivity contribution in [3.63, 3.8) is 0 Å². The molecular formula is C27H23NO8. The highest BCUT2D eigenvalue weighted by Crippen LogP contribution is 2.37. The van der Waals surface area contributed by atoms with Crippen LogP contribution in [0.1, 0.15) is 12.8 Å². The number of non-ortho nitro benzene ring substituents is 1. The molecule has 0 spiro atoms. The predicted molar refractivity (Wildman–Crippen MR) is 132 cm³/mol. The lowest BCUT2D eigenvalue weighted by Crippen LogP contribution is -2.11. The Balaban J connectivity index is 1.43. The second-order valence-corrected chi connectivity index (χ2v) is 8.11. The van der Waals surface area contributed by atoms with E-state index in [1.54, 1.807) is 18.2 Å². The highest BCUT2D eigenvalue weighted by molar-refractivity contribution is 5.88. The van der Waals surface area contributed by atoms with Gasteiger partial charge in [-0.25, -0.2) is 4.79 Å². The van der Waals surface area contributed by atoms with Crippen molar-refractivity contribution in [2.45, 2.75) is 12.8 Å². The summed E-state index contributed by atoms with van der Waals surface area (Å²) in [5.41, 5.74) is 0.451. The van der Waals surface area contributed by atoms with E-state index in [-0.39, 0.29) is 11.3 Å². The molecule has 2 heterocycles. The molecule has 1 aliphatic heterocycles. The Morgan fingerprint density at radius 1 is 0.722 bits per heavy atom. The molecule has 0 N–H and O–H groups in total. The lowest BCUT2D eigenvalue weighted by molar-refractivity contribution is -0.384. The first-order valence-corrected chi connectivity index (χ1v) is 11.6. The average Bonchev–Trinajstić information content (AvgIpc) is 2.89. The van der Waals surface area contributed by atoms with E-state index in [2.05, 4.69) is 0 Å². The van der Waals surface area contributed by atoms with Crippen LogP contribution in [0.3, 0.4) is 0 Å². The van der Waals surface area contributed by atoms with Crippen LogP contribution in [0, 0.1) is 10.1 Å². The van der Waals surface area contributed by atoms with Gasteiger partial charge in [0.2, 0.25) is 5.75 Å². The fourth-order valence-electron chi connectivity index (χ4n) is 3.88. The minimum atomic E-state index is -0.582. The maximum atomic E-state index is 12.9. The van der Waals surface area contributed by atoms with Gasteiger partial charge in [0.15, 0.2) is 22.8 Å². The first kappa shape index (κ1) is 23.2. The molecule has 0 aliphatic carbocycles. The normalized spacial score (nSPS) is 14.1. The summed E-state index contributed by atoms with van der Waals surface area (Å²) < 4.78 is 29.4. The van der Waals surface area contributed by atoms with Crippen molar-refractivity contribution in [2.75, 3.05) is 26.4 Å². The molecule has 0 fully saturated rings. The van der Waals surface area contributed by atoms with Gasteiger partial charge >= 0.3 is 5.63 Å². The number of rotatable bonds is 2. The summed E-state index contributed by atoms with van der Waals surface area (Å²) in [6, 6.07) is 18.5. The van der Waals surface area contributed by atoms with E-state index in [1.807, 2.05) is 24.3 Å². The molecule has 36 heavy (non-hydrogen) atoms. The monoisotopic (exact) mass is 489 g/mol. The number of nitrogens with zero attached hydrogens (tertiary/aromatic N) is 1. The molecule has 184 valence electrons.